The van der Waals surface area contributed by atoms with Crippen molar-refractivity contribution in [2.24, 2.45) is 0 Å². The van der Waals surface area contributed by atoms with Crippen LogP contribution in [0.1, 0.15) is 13.3 Å². The zero-order chi connectivity index (χ0) is 10.8. The van der Waals surface area contributed by atoms with Gasteiger partial charge in [0.2, 0.25) is 0 Å². The molecule has 1 unspecified atom stereocenters. The van der Waals surface area contributed by atoms with Crippen molar-refractivity contribution in [3.8, 4) is 0 Å². The maximum atomic E-state index is 11.0. The smallest absolute Gasteiger partial charge is 0.334 e. The number of rotatable bonds is 3. The second-order valence-electron chi connectivity index (χ2n) is 2.95. The average molecular weight is 197 g/mol. The van der Waals surface area contributed by atoms with E-state index in [-0.39, 0.29) is 12.0 Å². The molecule has 0 amide bonds. The van der Waals surface area contributed by atoms with Gasteiger partial charge in [-0.3, -0.25) is 0 Å². The third kappa shape index (κ3) is 1.37. The number of hydrogen-bond donors (Lipinski definition) is 3. The molecule has 5 heteroatoms. The maximum Gasteiger partial charge on any atom is 0.334 e. The Labute approximate surface area is 80.7 Å². The van der Waals surface area contributed by atoms with E-state index in [2.05, 4.69) is 5.32 Å². The largest absolute Gasteiger partial charge is 0.479 e. The fraction of sp³-hybridized carbons (Fsp3) is 0.333. The number of carboxylic acid groups (broad SMARTS) is 2. The van der Waals surface area contributed by atoms with E-state index in [0.717, 1.165) is 0 Å². The summed E-state index contributed by atoms with van der Waals surface area (Å²) in [7, 11) is 0. The Hall–Kier alpha value is -1.78. The molecule has 0 fully saturated rings. The minimum Gasteiger partial charge on any atom is -0.479 e. The third-order valence-electron chi connectivity index (χ3n) is 2.27. The molecule has 1 atom stereocenters. The molecule has 1 aliphatic heterocycles. The number of dihydropyridines is 1. The Kier molecular flexibility index (Phi) is 2.60. The highest BCUT2D eigenvalue weighted by Gasteiger charge is 2.44. The molecular weight excluding hydrogens is 186 g/mol. The standard InChI is InChI=1S/C9H11NO4/c1-2-9(8(13)14)6(7(11)12)4-3-5-10-9/h3-5,10H,2H2,1H3,(H,11,12)(H,13,14). The monoisotopic (exact) mass is 197 g/mol. The lowest BCUT2D eigenvalue weighted by molar-refractivity contribution is -0.146. The zero-order valence-corrected chi connectivity index (χ0v) is 7.65. The molecule has 0 saturated carbocycles. The van der Waals surface area contributed by atoms with Crippen LogP contribution in [0.25, 0.3) is 0 Å². The molecule has 1 rings (SSSR count). The van der Waals surface area contributed by atoms with Gasteiger partial charge in [-0.15, -0.1) is 0 Å². The van der Waals surface area contributed by atoms with Gasteiger partial charge in [-0.2, -0.15) is 0 Å². The van der Waals surface area contributed by atoms with Gasteiger partial charge >= 0.3 is 11.9 Å². The van der Waals surface area contributed by atoms with E-state index in [1.54, 1.807) is 6.92 Å². The first-order chi connectivity index (χ1) is 6.54. The van der Waals surface area contributed by atoms with E-state index in [0.29, 0.717) is 0 Å². The van der Waals surface area contributed by atoms with Gasteiger partial charge in [0.25, 0.3) is 0 Å². The molecular formula is C9H11NO4. The zero-order valence-electron chi connectivity index (χ0n) is 7.65. The molecule has 76 valence electrons. The summed E-state index contributed by atoms with van der Waals surface area (Å²) in [5.74, 6) is -2.40. The number of hydrogen-bond acceptors (Lipinski definition) is 3. The molecule has 1 aliphatic rings. The van der Waals surface area contributed by atoms with Crippen molar-refractivity contribution in [1.29, 1.82) is 0 Å². The lowest BCUT2D eigenvalue weighted by atomic mass is 9.85. The number of nitrogens with one attached hydrogen (secondary N) is 1. The Morgan fingerprint density at radius 1 is 1.50 bits per heavy atom. The average Bonchev–Trinajstić information content (AvgIpc) is 2.17. The molecule has 0 aliphatic carbocycles. The van der Waals surface area contributed by atoms with E-state index in [4.69, 9.17) is 10.2 Å². The van der Waals surface area contributed by atoms with Crippen LogP contribution >= 0.6 is 0 Å². The number of allylic oxidation sites excluding steroid dienone is 2. The highest BCUT2D eigenvalue weighted by atomic mass is 16.4. The van der Waals surface area contributed by atoms with Gasteiger partial charge in [-0.05, 0) is 24.8 Å². The Morgan fingerprint density at radius 2 is 2.14 bits per heavy atom. The molecule has 3 N–H and O–H groups in total. The minimum absolute atomic E-state index is 0.144. The molecule has 5 nitrogen and oxygen atoms in total. The number of carbonyl (C=O) groups is 2. The third-order valence-corrected chi connectivity index (χ3v) is 2.27. The van der Waals surface area contributed by atoms with Crippen molar-refractivity contribution in [1.82, 2.24) is 5.32 Å². The van der Waals surface area contributed by atoms with Gasteiger partial charge in [-0.25, -0.2) is 9.59 Å². The van der Waals surface area contributed by atoms with Crippen LogP contribution in [-0.4, -0.2) is 27.7 Å². The SMILES string of the molecule is CCC1(C(=O)O)NC=CC=C1C(=O)O. The normalized spacial score (nSPS) is 25.1. The quantitative estimate of drug-likeness (QED) is 0.607. The van der Waals surface area contributed by atoms with Crippen molar-refractivity contribution in [3.63, 3.8) is 0 Å². The van der Waals surface area contributed by atoms with Gasteiger partial charge in [0.1, 0.15) is 0 Å². The molecule has 0 saturated heterocycles. The Morgan fingerprint density at radius 3 is 2.50 bits per heavy atom. The van der Waals surface area contributed by atoms with Crippen LogP contribution < -0.4 is 5.32 Å². The molecule has 0 aromatic heterocycles. The minimum atomic E-state index is -1.50. The summed E-state index contributed by atoms with van der Waals surface area (Å²) < 4.78 is 0. The van der Waals surface area contributed by atoms with E-state index >= 15 is 0 Å². The predicted molar refractivity (Wildman–Crippen MR) is 48.7 cm³/mol. The topological polar surface area (TPSA) is 86.6 Å². The van der Waals surface area contributed by atoms with E-state index in [1.165, 1.54) is 18.4 Å². The van der Waals surface area contributed by atoms with Crippen LogP contribution in [0.2, 0.25) is 0 Å². The highest BCUT2D eigenvalue weighted by Crippen LogP contribution is 2.24. The molecule has 14 heavy (non-hydrogen) atoms. The summed E-state index contributed by atoms with van der Waals surface area (Å²) in [4.78, 5) is 21.8. The van der Waals surface area contributed by atoms with Gasteiger partial charge in [-0.1, -0.05) is 6.92 Å². The van der Waals surface area contributed by atoms with Gasteiger partial charge in [0, 0.05) is 0 Å². The summed E-state index contributed by atoms with van der Waals surface area (Å²) in [5, 5.41) is 20.4. The van der Waals surface area contributed by atoms with Crippen molar-refractivity contribution < 1.29 is 19.8 Å². The molecule has 0 aromatic carbocycles. The molecule has 1 heterocycles. The Bertz CT molecular complexity index is 332. The summed E-state index contributed by atoms with van der Waals surface area (Å²) in [6.45, 7) is 1.62. The summed E-state index contributed by atoms with van der Waals surface area (Å²) in [6, 6.07) is 0. The molecule has 0 bridgehead atoms. The molecule has 0 radical (unpaired) electrons. The van der Waals surface area contributed by atoms with Crippen molar-refractivity contribution >= 4 is 11.9 Å². The summed E-state index contributed by atoms with van der Waals surface area (Å²) in [6.07, 6.45) is 4.38. The molecule has 0 aromatic rings. The van der Waals surface area contributed by atoms with Crippen LogP contribution in [0.15, 0.2) is 23.9 Å². The Balaban J connectivity index is 3.20. The lowest BCUT2D eigenvalue weighted by Crippen LogP contribution is -2.53. The first-order valence-electron chi connectivity index (χ1n) is 4.16. The summed E-state index contributed by atoms with van der Waals surface area (Å²) in [5.41, 5.74) is -1.64. The van der Waals surface area contributed by atoms with Crippen LogP contribution in [0.3, 0.4) is 0 Å². The van der Waals surface area contributed by atoms with Gasteiger partial charge in [0.05, 0.1) is 5.57 Å². The van der Waals surface area contributed by atoms with Crippen LogP contribution in [0, 0.1) is 0 Å². The second-order valence-corrected chi connectivity index (χ2v) is 2.95. The fourth-order valence-corrected chi connectivity index (χ4v) is 1.43. The van der Waals surface area contributed by atoms with Crippen molar-refractivity contribution in [2.45, 2.75) is 18.9 Å². The highest BCUT2D eigenvalue weighted by molar-refractivity contribution is 6.00. The number of aliphatic carboxylic acids is 2. The second kappa shape index (κ2) is 3.53. The molecule has 0 spiro atoms. The van der Waals surface area contributed by atoms with Crippen molar-refractivity contribution in [2.75, 3.05) is 0 Å². The maximum absolute atomic E-state index is 11.0. The first kappa shape index (κ1) is 10.3. The van der Waals surface area contributed by atoms with Gasteiger partial charge in [0.15, 0.2) is 5.54 Å². The fourth-order valence-electron chi connectivity index (χ4n) is 1.43. The lowest BCUT2D eigenvalue weighted by Gasteiger charge is -2.31. The van der Waals surface area contributed by atoms with E-state index in [1.807, 2.05) is 0 Å². The van der Waals surface area contributed by atoms with E-state index < -0.39 is 17.5 Å². The first-order valence-corrected chi connectivity index (χ1v) is 4.16. The van der Waals surface area contributed by atoms with E-state index in [9.17, 15) is 9.59 Å². The van der Waals surface area contributed by atoms with Crippen LogP contribution in [-0.2, 0) is 9.59 Å². The van der Waals surface area contributed by atoms with Crippen LogP contribution in [0.4, 0.5) is 0 Å². The summed E-state index contributed by atoms with van der Waals surface area (Å²) >= 11 is 0. The predicted octanol–water partition coefficient (Wildman–Crippen LogP) is 0.348. The van der Waals surface area contributed by atoms with Crippen LogP contribution in [0.5, 0.6) is 0 Å². The van der Waals surface area contributed by atoms with Crippen molar-refractivity contribution in [3.05, 3.63) is 23.9 Å². The number of carboxylic acids is 2. The van der Waals surface area contributed by atoms with Gasteiger partial charge < -0.3 is 15.5 Å².